The summed E-state index contributed by atoms with van der Waals surface area (Å²) in [4.78, 5) is 22.4. The molecule has 0 radical (unpaired) electrons. The fourth-order valence-corrected chi connectivity index (χ4v) is 1.75. The standard InChI is InChI=1S/C14H15FN4O4/c1-9(23-12-4-2-3-10(15)5-12)14(22)16-6-11-7-19(18-17-11)8-13(20)21/h2-5,7,9H,6,8H2,1H3,(H,16,22)(H,20,21). The van der Waals surface area contributed by atoms with Gasteiger partial charge in [0.15, 0.2) is 6.10 Å². The van der Waals surface area contributed by atoms with Crippen LogP contribution in [0.3, 0.4) is 0 Å². The number of carboxylic acids is 1. The van der Waals surface area contributed by atoms with E-state index < -0.39 is 23.8 Å². The number of nitrogens with zero attached hydrogens (tertiary/aromatic N) is 3. The minimum atomic E-state index is -1.04. The van der Waals surface area contributed by atoms with E-state index in [0.29, 0.717) is 5.69 Å². The molecule has 23 heavy (non-hydrogen) atoms. The average molecular weight is 322 g/mol. The highest BCUT2D eigenvalue weighted by atomic mass is 19.1. The number of benzene rings is 1. The summed E-state index contributed by atoms with van der Waals surface area (Å²) in [5.41, 5.74) is 0.414. The van der Waals surface area contributed by atoms with Gasteiger partial charge in [-0.3, -0.25) is 9.59 Å². The molecule has 9 heteroatoms. The van der Waals surface area contributed by atoms with Gasteiger partial charge in [-0.2, -0.15) is 0 Å². The van der Waals surface area contributed by atoms with Crippen molar-refractivity contribution in [2.24, 2.45) is 0 Å². The summed E-state index contributed by atoms with van der Waals surface area (Å²) >= 11 is 0. The maximum absolute atomic E-state index is 13.0. The van der Waals surface area contributed by atoms with E-state index >= 15 is 0 Å². The number of halogens is 1. The molecule has 1 atom stereocenters. The third-order valence-electron chi connectivity index (χ3n) is 2.81. The highest BCUT2D eigenvalue weighted by Gasteiger charge is 2.15. The van der Waals surface area contributed by atoms with Gasteiger partial charge in [0.25, 0.3) is 5.91 Å². The van der Waals surface area contributed by atoms with Crippen molar-refractivity contribution in [1.82, 2.24) is 20.3 Å². The van der Waals surface area contributed by atoms with Crippen molar-refractivity contribution in [3.05, 3.63) is 42.0 Å². The Hall–Kier alpha value is -2.97. The summed E-state index contributed by atoms with van der Waals surface area (Å²) in [5, 5.41) is 18.6. The van der Waals surface area contributed by atoms with Crippen LogP contribution in [0.4, 0.5) is 4.39 Å². The average Bonchev–Trinajstić information content (AvgIpc) is 2.91. The minimum absolute atomic E-state index is 0.0787. The molecule has 0 bridgehead atoms. The van der Waals surface area contributed by atoms with E-state index in [0.717, 1.165) is 4.68 Å². The number of hydrogen-bond donors (Lipinski definition) is 2. The molecule has 0 aliphatic rings. The third-order valence-corrected chi connectivity index (χ3v) is 2.81. The SMILES string of the molecule is CC(Oc1cccc(F)c1)C(=O)NCc1cn(CC(=O)O)nn1. The first-order valence-electron chi connectivity index (χ1n) is 6.75. The van der Waals surface area contributed by atoms with Gasteiger partial charge in [-0.15, -0.1) is 5.10 Å². The number of aliphatic carboxylic acids is 1. The molecule has 0 saturated heterocycles. The predicted molar refractivity (Wildman–Crippen MR) is 76.0 cm³/mol. The first-order valence-corrected chi connectivity index (χ1v) is 6.75. The molecule has 122 valence electrons. The van der Waals surface area contributed by atoms with Gasteiger partial charge in [0, 0.05) is 6.07 Å². The van der Waals surface area contributed by atoms with Crippen molar-refractivity contribution < 1.29 is 23.8 Å². The molecular weight excluding hydrogens is 307 g/mol. The summed E-state index contributed by atoms with van der Waals surface area (Å²) in [5.74, 6) is -1.66. The molecule has 2 N–H and O–H groups in total. The van der Waals surface area contributed by atoms with E-state index in [4.69, 9.17) is 9.84 Å². The van der Waals surface area contributed by atoms with Crippen LogP contribution in [0.25, 0.3) is 0 Å². The van der Waals surface area contributed by atoms with Crippen molar-refractivity contribution in [1.29, 1.82) is 0 Å². The fraction of sp³-hybridized carbons (Fsp3) is 0.286. The topological polar surface area (TPSA) is 106 Å². The van der Waals surface area contributed by atoms with E-state index in [-0.39, 0.29) is 18.8 Å². The number of carbonyl (C=O) groups excluding carboxylic acids is 1. The molecule has 1 aromatic heterocycles. The summed E-state index contributed by atoms with van der Waals surface area (Å²) in [6.45, 7) is 1.30. The highest BCUT2D eigenvalue weighted by molar-refractivity contribution is 5.80. The lowest BCUT2D eigenvalue weighted by atomic mass is 10.3. The molecular formula is C14H15FN4O4. The molecule has 0 aliphatic carbocycles. The van der Waals surface area contributed by atoms with Gasteiger partial charge in [0.05, 0.1) is 12.7 Å². The zero-order valence-electron chi connectivity index (χ0n) is 12.3. The molecule has 1 unspecified atom stereocenters. The molecule has 2 rings (SSSR count). The number of nitrogens with one attached hydrogen (secondary N) is 1. The molecule has 1 heterocycles. The second kappa shape index (κ2) is 7.34. The Kier molecular flexibility index (Phi) is 5.23. The number of rotatable bonds is 7. The summed E-state index contributed by atoms with van der Waals surface area (Å²) < 4.78 is 19.5. The van der Waals surface area contributed by atoms with Crippen LogP contribution >= 0.6 is 0 Å². The van der Waals surface area contributed by atoms with Crippen LogP contribution in [0.2, 0.25) is 0 Å². The number of carbonyl (C=O) groups is 2. The number of carboxylic acid groups (broad SMARTS) is 1. The lowest BCUT2D eigenvalue weighted by molar-refractivity contribution is -0.138. The lowest BCUT2D eigenvalue weighted by Gasteiger charge is -2.14. The Labute approximate surface area is 130 Å². The van der Waals surface area contributed by atoms with E-state index in [1.54, 1.807) is 6.07 Å². The zero-order valence-corrected chi connectivity index (χ0v) is 12.3. The van der Waals surface area contributed by atoms with Crippen LogP contribution in [0.1, 0.15) is 12.6 Å². The van der Waals surface area contributed by atoms with Crippen molar-refractivity contribution in [2.75, 3.05) is 0 Å². The molecule has 1 aromatic carbocycles. The van der Waals surface area contributed by atoms with Crippen LogP contribution in [0.15, 0.2) is 30.5 Å². The Morgan fingerprint density at radius 1 is 1.48 bits per heavy atom. The largest absolute Gasteiger partial charge is 0.481 e. The maximum Gasteiger partial charge on any atom is 0.325 e. The maximum atomic E-state index is 13.0. The van der Waals surface area contributed by atoms with Crippen molar-refractivity contribution in [2.45, 2.75) is 26.1 Å². The molecule has 8 nitrogen and oxygen atoms in total. The van der Waals surface area contributed by atoms with Crippen molar-refractivity contribution >= 4 is 11.9 Å². The Bertz CT molecular complexity index is 704. The molecule has 0 saturated carbocycles. The highest BCUT2D eigenvalue weighted by Crippen LogP contribution is 2.13. The second-order valence-electron chi connectivity index (χ2n) is 4.74. The molecule has 2 aromatic rings. The Balaban J connectivity index is 1.84. The summed E-state index contributed by atoms with van der Waals surface area (Å²) in [6, 6.07) is 5.49. The van der Waals surface area contributed by atoms with Crippen molar-refractivity contribution in [3.8, 4) is 5.75 Å². The van der Waals surface area contributed by atoms with Gasteiger partial charge < -0.3 is 15.2 Å². The van der Waals surface area contributed by atoms with Gasteiger partial charge in [-0.1, -0.05) is 11.3 Å². The number of amides is 1. The quantitative estimate of drug-likeness (QED) is 0.772. The first-order chi connectivity index (χ1) is 10.9. The van der Waals surface area contributed by atoms with Gasteiger partial charge in [-0.25, -0.2) is 9.07 Å². The van der Waals surface area contributed by atoms with Gasteiger partial charge >= 0.3 is 5.97 Å². The number of ether oxygens (including phenoxy) is 1. The first kappa shape index (κ1) is 16.4. The number of hydrogen-bond acceptors (Lipinski definition) is 5. The van der Waals surface area contributed by atoms with Crippen LogP contribution in [0.5, 0.6) is 5.75 Å². The van der Waals surface area contributed by atoms with E-state index in [2.05, 4.69) is 15.6 Å². The van der Waals surface area contributed by atoms with Crippen LogP contribution in [-0.2, 0) is 22.7 Å². The van der Waals surface area contributed by atoms with E-state index in [9.17, 15) is 14.0 Å². The van der Waals surface area contributed by atoms with Gasteiger partial charge in [0.2, 0.25) is 0 Å². The molecule has 0 spiro atoms. The second-order valence-corrected chi connectivity index (χ2v) is 4.74. The predicted octanol–water partition coefficient (Wildman–Crippen LogP) is 0.585. The molecule has 0 aliphatic heterocycles. The molecule has 1 amide bonds. The van der Waals surface area contributed by atoms with E-state index in [1.165, 1.54) is 31.3 Å². The van der Waals surface area contributed by atoms with Crippen LogP contribution in [0, 0.1) is 5.82 Å². The molecule has 0 fully saturated rings. The Morgan fingerprint density at radius 2 is 2.26 bits per heavy atom. The summed E-state index contributed by atoms with van der Waals surface area (Å²) in [7, 11) is 0. The fourth-order valence-electron chi connectivity index (χ4n) is 1.75. The van der Waals surface area contributed by atoms with Gasteiger partial charge in [0.1, 0.15) is 23.8 Å². The zero-order chi connectivity index (χ0) is 16.8. The smallest absolute Gasteiger partial charge is 0.325 e. The van der Waals surface area contributed by atoms with Gasteiger partial charge in [-0.05, 0) is 19.1 Å². The summed E-state index contributed by atoms with van der Waals surface area (Å²) in [6.07, 6.45) is 0.595. The lowest BCUT2D eigenvalue weighted by Crippen LogP contribution is -2.36. The normalized spacial score (nSPS) is 11.7. The van der Waals surface area contributed by atoms with Crippen LogP contribution in [-0.4, -0.2) is 38.1 Å². The van der Waals surface area contributed by atoms with E-state index in [1.807, 2.05) is 0 Å². The van der Waals surface area contributed by atoms with Crippen LogP contribution < -0.4 is 10.1 Å². The Morgan fingerprint density at radius 3 is 2.96 bits per heavy atom. The number of aromatic nitrogens is 3. The van der Waals surface area contributed by atoms with Crippen molar-refractivity contribution in [3.63, 3.8) is 0 Å². The monoisotopic (exact) mass is 322 g/mol. The minimum Gasteiger partial charge on any atom is -0.481 e. The third kappa shape index (κ3) is 5.06.